The fourth-order valence-corrected chi connectivity index (χ4v) is 3.25. The molecule has 0 saturated carbocycles. The first-order chi connectivity index (χ1) is 11.5. The van der Waals surface area contributed by atoms with Gasteiger partial charge in [-0.05, 0) is 13.8 Å². The lowest BCUT2D eigenvalue weighted by molar-refractivity contribution is -0.116. The number of rotatable bonds is 4. The van der Waals surface area contributed by atoms with Crippen LogP contribution >= 0.6 is 11.3 Å². The van der Waals surface area contributed by atoms with Crippen LogP contribution in [0.2, 0.25) is 0 Å². The second-order valence-electron chi connectivity index (χ2n) is 5.51. The molecule has 0 bridgehead atoms. The van der Waals surface area contributed by atoms with Crippen molar-refractivity contribution in [2.75, 3.05) is 5.32 Å². The number of amides is 1. The molecule has 0 aliphatic heterocycles. The van der Waals surface area contributed by atoms with Gasteiger partial charge in [-0.2, -0.15) is 0 Å². The number of anilines is 1. The van der Waals surface area contributed by atoms with Crippen LogP contribution in [0.4, 0.5) is 5.13 Å². The van der Waals surface area contributed by atoms with Gasteiger partial charge >= 0.3 is 0 Å². The van der Waals surface area contributed by atoms with Crippen molar-refractivity contribution in [1.82, 2.24) is 9.55 Å². The maximum Gasteiger partial charge on any atom is 0.246 e. The van der Waals surface area contributed by atoms with Gasteiger partial charge in [0.05, 0.1) is 5.69 Å². The zero-order valence-electron chi connectivity index (χ0n) is 13.4. The van der Waals surface area contributed by atoms with Gasteiger partial charge in [-0.1, -0.05) is 30.3 Å². The predicted molar refractivity (Wildman–Crippen MR) is 96.4 cm³/mol. The fourth-order valence-electron chi connectivity index (χ4n) is 2.51. The first kappa shape index (κ1) is 16.1. The third-order valence-electron chi connectivity index (χ3n) is 3.68. The Morgan fingerprint density at radius 1 is 1.17 bits per heavy atom. The number of hydrogen-bond acceptors (Lipinski definition) is 4. The molecule has 0 atom stereocenters. The maximum atomic E-state index is 12.3. The smallest absolute Gasteiger partial charge is 0.246 e. The Labute approximate surface area is 143 Å². The number of carbonyl (C=O) groups excluding carboxylic acids is 1. The number of thiazole rings is 1. The summed E-state index contributed by atoms with van der Waals surface area (Å²) in [4.78, 5) is 28.2. The van der Waals surface area contributed by atoms with Gasteiger partial charge in [-0.15, -0.1) is 11.3 Å². The molecule has 3 rings (SSSR count). The van der Waals surface area contributed by atoms with Crippen molar-refractivity contribution in [1.29, 1.82) is 0 Å². The minimum absolute atomic E-state index is 0.0471. The van der Waals surface area contributed by atoms with Crippen molar-refractivity contribution in [3.63, 3.8) is 0 Å². The van der Waals surface area contributed by atoms with Crippen molar-refractivity contribution in [2.45, 2.75) is 20.4 Å². The average Bonchev–Trinajstić information content (AvgIpc) is 3.00. The summed E-state index contributed by atoms with van der Waals surface area (Å²) < 4.78 is 1.81. The van der Waals surface area contributed by atoms with Crippen molar-refractivity contribution >= 4 is 22.4 Å². The summed E-state index contributed by atoms with van der Waals surface area (Å²) >= 11 is 1.39. The summed E-state index contributed by atoms with van der Waals surface area (Å²) in [5, 5.41) is 5.30. The number of nitrogens with one attached hydrogen (secondary N) is 1. The highest BCUT2D eigenvalue weighted by atomic mass is 32.1. The van der Waals surface area contributed by atoms with Crippen LogP contribution in [0.1, 0.15) is 11.4 Å². The average molecular weight is 339 g/mol. The number of benzene rings is 1. The molecule has 122 valence electrons. The first-order valence-electron chi connectivity index (χ1n) is 7.52. The number of carbonyl (C=O) groups is 1. The van der Waals surface area contributed by atoms with Crippen LogP contribution in [-0.4, -0.2) is 15.5 Å². The highest BCUT2D eigenvalue weighted by Crippen LogP contribution is 2.24. The molecule has 0 fully saturated rings. The molecule has 24 heavy (non-hydrogen) atoms. The Balaban J connectivity index is 1.72. The summed E-state index contributed by atoms with van der Waals surface area (Å²) in [7, 11) is 0. The third kappa shape index (κ3) is 3.60. The van der Waals surface area contributed by atoms with Crippen LogP contribution in [-0.2, 0) is 11.3 Å². The van der Waals surface area contributed by atoms with E-state index in [2.05, 4.69) is 10.3 Å². The Morgan fingerprint density at radius 2 is 1.83 bits per heavy atom. The van der Waals surface area contributed by atoms with E-state index < -0.39 is 0 Å². The van der Waals surface area contributed by atoms with Crippen molar-refractivity contribution in [3.8, 4) is 11.3 Å². The minimum Gasteiger partial charge on any atom is -0.340 e. The Morgan fingerprint density at radius 3 is 2.50 bits per heavy atom. The first-order valence-corrected chi connectivity index (χ1v) is 8.40. The molecule has 3 aromatic rings. The molecule has 5 nitrogen and oxygen atoms in total. The second kappa shape index (κ2) is 6.80. The minimum atomic E-state index is -0.168. The molecule has 2 aromatic heterocycles. The number of aromatic nitrogens is 2. The maximum absolute atomic E-state index is 12.3. The van der Waals surface area contributed by atoms with Gasteiger partial charge in [-0.3, -0.25) is 9.59 Å². The molecule has 6 heteroatoms. The molecule has 1 amide bonds. The van der Waals surface area contributed by atoms with Crippen LogP contribution < -0.4 is 10.7 Å². The lowest BCUT2D eigenvalue weighted by atomic mass is 10.2. The quantitative estimate of drug-likeness (QED) is 0.794. The molecule has 0 spiro atoms. The summed E-state index contributed by atoms with van der Waals surface area (Å²) in [5.41, 5.74) is 3.33. The van der Waals surface area contributed by atoms with E-state index in [1.807, 2.05) is 54.1 Å². The second-order valence-corrected chi connectivity index (χ2v) is 6.37. The number of aryl methyl sites for hydroxylation is 2. The SMILES string of the molecule is Cc1cc(=O)cc(C)n1CC(=O)Nc1nc(-c2ccccc2)cs1. The summed E-state index contributed by atoms with van der Waals surface area (Å²) in [6.45, 7) is 3.79. The van der Waals surface area contributed by atoms with Crippen LogP contribution in [0, 0.1) is 13.8 Å². The van der Waals surface area contributed by atoms with E-state index >= 15 is 0 Å². The normalized spacial score (nSPS) is 10.6. The zero-order chi connectivity index (χ0) is 17.1. The summed E-state index contributed by atoms with van der Waals surface area (Å²) in [5.74, 6) is -0.168. The van der Waals surface area contributed by atoms with Gasteiger partial charge in [0, 0.05) is 34.5 Å². The summed E-state index contributed by atoms with van der Waals surface area (Å²) in [6, 6.07) is 12.9. The van der Waals surface area contributed by atoms with Crippen molar-refractivity contribution < 1.29 is 4.79 Å². The topological polar surface area (TPSA) is 64.0 Å². The molecular weight excluding hydrogens is 322 g/mol. The van der Waals surface area contributed by atoms with Crippen LogP contribution in [0.5, 0.6) is 0 Å². The van der Waals surface area contributed by atoms with Gasteiger partial charge in [0.2, 0.25) is 5.91 Å². The van der Waals surface area contributed by atoms with E-state index in [0.29, 0.717) is 5.13 Å². The molecule has 0 radical (unpaired) electrons. The highest BCUT2D eigenvalue weighted by molar-refractivity contribution is 7.14. The van der Waals surface area contributed by atoms with Crippen LogP contribution in [0.3, 0.4) is 0 Å². The lowest BCUT2D eigenvalue weighted by Gasteiger charge is -2.13. The third-order valence-corrected chi connectivity index (χ3v) is 4.43. The van der Waals surface area contributed by atoms with Crippen molar-refractivity contribution in [3.05, 3.63) is 69.5 Å². The Kier molecular flexibility index (Phi) is 4.57. The van der Waals surface area contributed by atoms with Gasteiger partial charge in [-0.25, -0.2) is 4.98 Å². The zero-order valence-corrected chi connectivity index (χ0v) is 14.3. The van der Waals surface area contributed by atoms with Gasteiger partial charge in [0.1, 0.15) is 6.54 Å². The molecule has 0 unspecified atom stereocenters. The van der Waals surface area contributed by atoms with E-state index in [-0.39, 0.29) is 17.9 Å². The van der Waals surface area contributed by atoms with Crippen molar-refractivity contribution in [2.24, 2.45) is 0 Å². The van der Waals surface area contributed by atoms with E-state index in [0.717, 1.165) is 22.6 Å². The largest absolute Gasteiger partial charge is 0.340 e. The molecule has 2 heterocycles. The molecular formula is C18H17N3O2S. The Bertz CT molecular complexity index is 903. The van der Waals surface area contributed by atoms with E-state index in [4.69, 9.17) is 0 Å². The summed E-state index contributed by atoms with van der Waals surface area (Å²) in [6.07, 6.45) is 0. The van der Waals surface area contributed by atoms with Crippen LogP contribution in [0.15, 0.2) is 52.6 Å². The van der Waals surface area contributed by atoms with Gasteiger partial charge < -0.3 is 9.88 Å². The molecule has 1 N–H and O–H groups in total. The van der Waals surface area contributed by atoms with E-state index in [9.17, 15) is 9.59 Å². The van der Waals surface area contributed by atoms with Gasteiger partial charge in [0.15, 0.2) is 10.6 Å². The number of hydrogen-bond donors (Lipinski definition) is 1. The molecule has 1 aromatic carbocycles. The number of pyridine rings is 1. The molecule has 0 aliphatic rings. The predicted octanol–water partition coefficient (Wildman–Crippen LogP) is 3.23. The molecule has 0 saturated heterocycles. The van der Waals surface area contributed by atoms with Gasteiger partial charge in [0.25, 0.3) is 0 Å². The monoisotopic (exact) mass is 339 g/mol. The van der Waals surface area contributed by atoms with E-state index in [1.165, 1.54) is 23.5 Å². The molecule has 0 aliphatic carbocycles. The lowest BCUT2D eigenvalue weighted by Crippen LogP contribution is -2.23. The standard InChI is InChI=1S/C18H17N3O2S/c1-12-8-15(22)9-13(2)21(12)10-17(23)20-18-19-16(11-24-18)14-6-4-3-5-7-14/h3-9,11H,10H2,1-2H3,(H,19,20,23). The van der Waals surface area contributed by atoms with E-state index in [1.54, 1.807) is 0 Å². The van der Waals surface area contributed by atoms with Crippen LogP contribution in [0.25, 0.3) is 11.3 Å². The Hall–Kier alpha value is -2.73. The fraction of sp³-hybridized carbons (Fsp3) is 0.167. The number of nitrogens with zero attached hydrogens (tertiary/aromatic N) is 2. The highest BCUT2D eigenvalue weighted by Gasteiger charge is 2.10.